The van der Waals surface area contributed by atoms with Gasteiger partial charge >= 0.3 is 0 Å². The van der Waals surface area contributed by atoms with Crippen molar-refractivity contribution in [3.8, 4) is 5.75 Å². The van der Waals surface area contributed by atoms with E-state index in [9.17, 15) is 9.18 Å². The number of aromatic nitrogens is 2. The Hall–Kier alpha value is -1.89. The number of hydrogen-bond acceptors (Lipinski definition) is 3. The number of benzene rings is 1. The van der Waals surface area contributed by atoms with Crippen LogP contribution in [0.4, 0.5) is 4.39 Å². The molecular weight excluding hydrogens is 353 g/mol. The number of amides is 1. The number of halogens is 2. The van der Waals surface area contributed by atoms with E-state index in [1.807, 2.05) is 20.9 Å². The molecule has 22 heavy (non-hydrogen) atoms. The number of carbonyl (C=O) groups excluding carboxylic acids is 1. The Labute approximate surface area is 136 Å². The molecule has 0 unspecified atom stereocenters. The third kappa shape index (κ3) is 3.85. The van der Waals surface area contributed by atoms with Gasteiger partial charge in [-0.05, 0) is 48.0 Å². The van der Waals surface area contributed by atoms with E-state index < -0.39 is 0 Å². The Morgan fingerprint density at radius 1 is 1.55 bits per heavy atom. The molecule has 1 heterocycles. The Bertz CT molecular complexity index is 687. The van der Waals surface area contributed by atoms with Crippen LogP contribution in [0.3, 0.4) is 0 Å². The summed E-state index contributed by atoms with van der Waals surface area (Å²) in [5.41, 5.74) is 1.95. The highest BCUT2D eigenvalue weighted by Gasteiger charge is 2.15. The summed E-state index contributed by atoms with van der Waals surface area (Å²) < 4.78 is 20.6. The molecule has 2 rings (SSSR count). The molecule has 1 aromatic heterocycles. The summed E-state index contributed by atoms with van der Waals surface area (Å²) in [5.74, 6) is -0.210. The van der Waals surface area contributed by atoms with Crippen LogP contribution in [0.1, 0.15) is 24.2 Å². The highest BCUT2D eigenvalue weighted by molar-refractivity contribution is 9.10. The van der Waals surface area contributed by atoms with E-state index in [1.54, 1.807) is 10.9 Å². The standard InChI is InChI=1S/C15H17BrFN3O2/c1-9(12-7-18-20(3)10(12)2)19-15(21)8-22-14-5-4-11(17)6-13(14)16/h4-7,9H,8H2,1-3H3,(H,19,21)/t9-/m0/s1. The van der Waals surface area contributed by atoms with Gasteiger partial charge in [-0.15, -0.1) is 0 Å². The third-order valence-corrected chi connectivity index (χ3v) is 3.99. The molecular formula is C15H17BrFN3O2. The lowest BCUT2D eigenvalue weighted by atomic mass is 10.1. The zero-order valence-electron chi connectivity index (χ0n) is 12.6. The van der Waals surface area contributed by atoms with Gasteiger partial charge in [0.1, 0.15) is 11.6 Å². The van der Waals surface area contributed by atoms with E-state index in [0.717, 1.165) is 11.3 Å². The van der Waals surface area contributed by atoms with Gasteiger partial charge in [0.2, 0.25) is 0 Å². The Morgan fingerprint density at radius 2 is 2.27 bits per heavy atom. The molecule has 1 N–H and O–H groups in total. The number of rotatable bonds is 5. The number of ether oxygens (including phenoxy) is 1. The van der Waals surface area contributed by atoms with Crippen LogP contribution in [-0.4, -0.2) is 22.3 Å². The largest absolute Gasteiger partial charge is 0.483 e. The Balaban J connectivity index is 1.91. The van der Waals surface area contributed by atoms with Crippen LogP contribution >= 0.6 is 15.9 Å². The summed E-state index contributed by atoms with van der Waals surface area (Å²) in [6.07, 6.45) is 1.73. The van der Waals surface area contributed by atoms with Crippen LogP contribution in [0.15, 0.2) is 28.9 Å². The zero-order valence-corrected chi connectivity index (χ0v) is 14.1. The lowest BCUT2D eigenvalue weighted by Crippen LogP contribution is -2.31. The van der Waals surface area contributed by atoms with E-state index in [2.05, 4.69) is 26.3 Å². The molecule has 0 radical (unpaired) electrons. The lowest BCUT2D eigenvalue weighted by molar-refractivity contribution is -0.123. The first-order valence-electron chi connectivity index (χ1n) is 6.74. The van der Waals surface area contributed by atoms with Crippen LogP contribution in [0.2, 0.25) is 0 Å². The summed E-state index contributed by atoms with van der Waals surface area (Å²) in [5, 5.41) is 7.00. The third-order valence-electron chi connectivity index (χ3n) is 3.37. The van der Waals surface area contributed by atoms with Gasteiger partial charge in [0.25, 0.3) is 5.91 Å². The predicted octanol–water partition coefficient (Wildman–Crippen LogP) is 2.89. The molecule has 0 fully saturated rings. The molecule has 0 saturated heterocycles. The van der Waals surface area contributed by atoms with Gasteiger partial charge in [-0.2, -0.15) is 5.10 Å². The molecule has 0 bridgehead atoms. The summed E-state index contributed by atoms with van der Waals surface area (Å²) in [6.45, 7) is 3.68. The van der Waals surface area contributed by atoms with Crippen molar-refractivity contribution in [2.75, 3.05) is 6.61 Å². The molecule has 2 aromatic rings. The van der Waals surface area contributed by atoms with Gasteiger partial charge in [-0.25, -0.2) is 4.39 Å². The number of nitrogens with one attached hydrogen (secondary N) is 1. The van der Waals surface area contributed by atoms with Gasteiger partial charge in [0.05, 0.1) is 16.7 Å². The van der Waals surface area contributed by atoms with Gasteiger partial charge in [-0.1, -0.05) is 0 Å². The van der Waals surface area contributed by atoms with E-state index in [-0.39, 0.29) is 24.4 Å². The summed E-state index contributed by atoms with van der Waals surface area (Å²) in [7, 11) is 1.85. The molecule has 1 amide bonds. The van der Waals surface area contributed by atoms with Gasteiger partial charge in [0.15, 0.2) is 6.61 Å². The van der Waals surface area contributed by atoms with Crippen molar-refractivity contribution in [3.05, 3.63) is 45.9 Å². The molecule has 1 atom stereocenters. The smallest absolute Gasteiger partial charge is 0.258 e. The maximum Gasteiger partial charge on any atom is 0.258 e. The van der Waals surface area contributed by atoms with Crippen LogP contribution in [0.5, 0.6) is 5.75 Å². The monoisotopic (exact) mass is 369 g/mol. The summed E-state index contributed by atoms with van der Waals surface area (Å²) in [4.78, 5) is 11.9. The van der Waals surface area contributed by atoms with Crippen molar-refractivity contribution in [1.82, 2.24) is 15.1 Å². The van der Waals surface area contributed by atoms with Gasteiger partial charge in [-0.3, -0.25) is 9.48 Å². The lowest BCUT2D eigenvalue weighted by Gasteiger charge is -2.14. The number of aryl methyl sites for hydroxylation is 1. The Morgan fingerprint density at radius 3 is 2.86 bits per heavy atom. The van der Waals surface area contributed by atoms with E-state index in [1.165, 1.54) is 18.2 Å². The molecule has 0 aliphatic heterocycles. The summed E-state index contributed by atoms with van der Waals surface area (Å²) in [6, 6.07) is 3.87. The molecule has 0 aliphatic rings. The van der Waals surface area contributed by atoms with E-state index >= 15 is 0 Å². The fourth-order valence-electron chi connectivity index (χ4n) is 2.04. The SMILES string of the molecule is Cc1c([C@H](C)NC(=O)COc2ccc(F)cc2Br)cnn1C. The van der Waals surface area contributed by atoms with Crippen molar-refractivity contribution < 1.29 is 13.9 Å². The first kappa shape index (κ1) is 16.5. The molecule has 118 valence electrons. The maximum atomic E-state index is 13.0. The Kier molecular flexibility index (Phi) is 5.18. The fourth-order valence-corrected chi connectivity index (χ4v) is 2.50. The molecule has 1 aromatic carbocycles. The first-order valence-corrected chi connectivity index (χ1v) is 7.53. The maximum absolute atomic E-state index is 13.0. The van der Waals surface area contributed by atoms with Crippen LogP contribution in [0, 0.1) is 12.7 Å². The zero-order chi connectivity index (χ0) is 16.3. The first-order chi connectivity index (χ1) is 10.4. The van der Waals surface area contributed by atoms with Gasteiger partial charge < -0.3 is 10.1 Å². The molecule has 7 heteroatoms. The van der Waals surface area contributed by atoms with Crippen molar-refractivity contribution in [2.45, 2.75) is 19.9 Å². The molecule has 0 saturated carbocycles. The number of nitrogens with zero attached hydrogens (tertiary/aromatic N) is 2. The molecule has 5 nitrogen and oxygen atoms in total. The quantitative estimate of drug-likeness (QED) is 0.881. The fraction of sp³-hybridized carbons (Fsp3) is 0.333. The topological polar surface area (TPSA) is 56.1 Å². The van der Waals surface area contributed by atoms with Crippen molar-refractivity contribution >= 4 is 21.8 Å². The number of hydrogen-bond donors (Lipinski definition) is 1. The van der Waals surface area contributed by atoms with E-state index in [4.69, 9.17) is 4.74 Å². The normalized spacial score (nSPS) is 12.0. The van der Waals surface area contributed by atoms with Crippen LogP contribution in [0.25, 0.3) is 0 Å². The second-order valence-corrected chi connectivity index (χ2v) is 5.82. The summed E-state index contributed by atoms with van der Waals surface area (Å²) >= 11 is 3.19. The minimum Gasteiger partial charge on any atom is -0.483 e. The number of carbonyl (C=O) groups is 1. The molecule has 0 spiro atoms. The molecule has 0 aliphatic carbocycles. The highest BCUT2D eigenvalue weighted by Crippen LogP contribution is 2.25. The average molecular weight is 370 g/mol. The highest BCUT2D eigenvalue weighted by atomic mass is 79.9. The van der Waals surface area contributed by atoms with Crippen molar-refractivity contribution in [2.24, 2.45) is 7.05 Å². The minimum absolute atomic E-state index is 0.145. The second-order valence-electron chi connectivity index (χ2n) is 4.96. The minimum atomic E-state index is -0.371. The van der Waals surface area contributed by atoms with Crippen molar-refractivity contribution in [1.29, 1.82) is 0 Å². The van der Waals surface area contributed by atoms with Crippen LogP contribution in [-0.2, 0) is 11.8 Å². The second kappa shape index (κ2) is 6.91. The van der Waals surface area contributed by atoms with Crippen LogP contribution < -0.4 is 10.1 Å². The predicted molar refractivity (Wildman–Crippen MR) is 84.1 cm³/mol. The average Bonchev–Trinajstić information content (AvgIpc) is 2.78. The van der Waals surface area contributed by atoms with E-state index in [0.29, 0.717) is 10.2 Å². The van der Waals surface area contributed by atoms with Crippen molar-refractivity contribution in [3.63, 3.8) is 0 Å². The van der Waals surface area contributed by atoms with Gasteiger partial charge in [0, 0.05) is 18.3 Å².